The molecule has 0 spiro atoms. The van der Waals surface area contributed by atoms with Gasteiger partial charge in [0.25, 0.3) is 0 Å². The van der Waals surface area contributed by atoms with Crippen molar-refractivity contribution < 1.29 is 9.53 Å². The third kappa shape index (κ3) is 3.09. The molecule has 0 aliphatic rings. The number of nitrogens with two attached hydrogens (primary N) is 2. The number of rotatable bonds is 4. The summed E-state index contributed by atoms with van der Waals surface area (Å²) in [4.78, 5) is 11.1. The number of amides is 1. The van der Waals surface area contributed by atoms with Gasteiger partial charge in [0.1, 0.15) is 12.4 Å². The predicted octanol–water partition coefficient (Wildman–Crippen LogP) is 2.56. The maximum atomic E-state index is 11.1. The fourth-order valence-corrected chi connectivity index (χ4v) is 1.90. The Morgan fingerprint density at radius 3 is 2.55 bits per heavy atom. The molecule has 0 aromatic heterocycles. The first kappa shape index (κ1) is 13.9. The second-order valence-electron chi connectivity index (χ2n) is 4.84. The maximum Gasteiger partial charge on any atom is 0.248 e. The molecular weight excluding hydrogens is 252 g/mol. The van der Waals surface area contributed by atoms with Gasteiger partial charge in [-0.1, -0.05) is 18.2 Å². The number of benzene rings is 2. The van der Waals surface area contributed by atoms with Crippen molar-refractivity contribution in [2.24, 2.45) is 5.73 Å². The first-order valence-corrected chi connectivity index (χ1v) is 6.35. The van der Waals surface area contributed by atoms with E-state index in [-0.39, 0.29) is 0 Å². The van der Waals surface area contributed by atoms with E-state index in [2.05, 4.69) is 0 Å². The molecule has 2 rings (SSSR count). The van der Waals surface area contributed by atoms with Crippen molar-refractivity contribution in [3.05, 3.63) is 58.7 Å². The number of aryl methyl sites for hydroxylation is 2. The normalized spacial score (nSPS) is 10.3. The van der Waals surface area contributed by atoms with E-state index in [0.717, 1.165) is 22.4 Å². The van der Waals surface area contributed by atoms with Crippen molar-refractivity contribution in [1.29, 1.82) is 0 Å². The van der Waals surface area contributed by atoms with Gasteiger partial charge in [-0.2, -0.15) is 0 Å². The van der Waals surface area contributed by atoms with Crippen molar-refractivity contribution in [1.82, 2.24) is 0 Å². The highest BCUT2D eigenvalue weighted by atomic mass is 16.5. The van der Waals surface area contributed by atoms with Gasteiger partial charge < -0.3 is 16.2 Å². The van der Waals surface area contributed by atoms with Crippen LogP contribution in [0.1, 0.15) is 27.0 Å². The second-order valence-corrected chi connectivity index (χ2v) is 4.84. The van der Waals surface area contributed by atoms with Crippen LogP contribution in [0, 0.1) is 13.8 Å². The van der Waals surface area contributed by atoms with Crippen molar-refractivity contribution in [3.63, 3.8) is 0 Å². The molecule has 2 aromatic carbocycles. The molecule has 2 aromatic rings. The van der Waals surface area contributed by atoms with E-state index in [4.69, 9.17) is 16.2 Å². The number of carbonyl (C=O) groups excluding carboxylic acids is 1. The molecule has 0 aliphatic carbocycles. The summed E-state index contributed by atoms with van der Waals surface area (Å²) in [7, 11) is 0. The molecule has 0 bridgehead atoms. The fourth-order valence-electron chi connectivity index (χ4n) is 1.90. The number of anilines is 1. The average molecular weight is 270 g/mol. The summed E-state index contributed by atoms with van der Waals surface area (Å²) < 4.78 is 5.79. The van der Waals surface area contributed by atoms with Crippen LogP contribution in [-0.2, 0) is 6.61 Å². The van der Waals surface area contributed by atoms with Gasteiger partial charge in [0.2, 0.25) is 5.91 Å². The molecule has 4 N–H and O–H groups in total. The Labute approximate surface area is 118 Å². The van der Waals surface area contributed by atoms with Crippen LogP contribution in [0.3, 0.4) is 0 Å². The number of hydrogen-bond donors (Lipinski definition) is 2. The molecule has 4 heteroatoms. The van der Waals surface area contributed by atoms with E-state index in [9.17, 15) is 4.79 Å². The summed E-state index contributed by atoms with van der Waals surface area (Å²) in [5.41, 5.74) is 15.1. The summed E-state index contributed by atoms with van der Waals surface area (Å²) >= 11 is 0. The Hall–Kier alpha value is -2.49. The molecule has 104 valence electrons. The van der Waals surface area contributed by atoms with Crippen molar-refractivity contribution >= 4 is 11.6 Å². The number of hydrogen-bond acceptors (Lipinski definition) is 3. The summed E-state index contributed by atoms with van der Waals surface area (Å²) in [6, 6.07) is 11.0. The van der Waals surface area contributed by atoms with Gasteiger partial charge in [-0.25, -0.2) is 0 Å². The van der Waals surface area contributed by atoms with Crippen LogP contribution < -0.4 is 16.2 Å². The smallest absolute Gasteiger partial charge is 0.248 e. The average Bonchev–Trinajstić information content (AvgIpc) is 2.40. The van der Waals surface area contributed by atoms with Gasteiger partial charge in [0.15, 0.2) is 0 Å². The molecule has 0 atom stereocenters. The first-order chi connectivity index (χ1) is 9.47. The Morgan fingerprint density at radius 2 is 1.90 bits per heavy atom. The summed E-state index contributed by atoms with van der Waals surface area (Å²) in [5, 5.41) is 0. The number of primary amides is 1. The summed E-state index contributed by atoms with van der Waals surface area (Å²) in [5.74, 6) is 0.349. The minimum absolute atomic E-state index is 0.356. The largest absolute Gasteiger partial charge is 0.489 e. The Balaban J connectivity index is 2.15. The van der Waals surface area contributed by atoms with E-state index < -0.39 is 5.91 Å². The van der Waals surface area contributed by atoms with Gasteiger partial charge in [0.05, 0.1) is 0 Å². The van der Waals surface area contributed by atoms with Crippen molar-refractivity contribution in [2.75, 3.05) is 5.73 Å². The van der Waals surface area contributed by atoms with Crippen LogP contribution in [-0.4, -0.2) is 5.91 Å². The minimum Gasteiger partial charge on any atom is -0.489 e. The van der Waals surface area contributed by atoms with E-state index in [1.807, 2.05) is 32.0 Å². The molecule has 4 nitrogen and oxygen atoms in total. The zero-order chi connectivity index (χ0) is 14.7. The number of ether oxygens (including phenoxy) is 1. The highest BCUT2D eigenvalue weighted by Gasteiger charge is 2.06. The molecule has 1 amide bonds. The van der Waals surface area contributed by atoms with Crippen molar-refractivity contribution in [2.45, 2.75) is 20.5 Å². The summed E-state index contributed by atoms with van der Waals surface area (Å²) in [6.45, 7) is 4.37. The van der Waals surface area contributed by atoms with Crippen molar-refractivity contribution in [3.8, 4) is 5.75 Å². The van der Waals surface area contributed by atoms with E-state index in [1.54, 1.807) is 18.2 Å². The van der Waals surface area contributed by atoms with Crippen LogP contribution in [0.15, 0.2) is 36.4 Å². The van der Waals surface area contributed by atoms with E-state index in [1.165, 1.54) is 0 Å². The molecule has 0 fully saturated rings. The molecule has 0 aliphatic heterocycles. The molecular formula is C16H18N2O2. The first-order valence-electron chi connectivity index (χ1n) is 6.35. The number of carbonyl (C=O) groups is 1. The molecule has 0 saturated carbocycles. The third-order valence-electron chi connectivity index (χ3n) is 3.16. The van der Waals surface area contributed by atoms with Crippen LogP contribution in [0.5, 0.6) is 5.75 Å². The Morgan fingerprint density at radius 1 is 1.15 bits per heavy atom. The van der Waals surface area contributed by atoms with Crippen LogP contribution >= 0.6 is 0 Å². The maximum absolute atomic E-state index is 11.1. The van der Waals surface area contributed by atoms with Gasteiger partial charge in [0, 0.05) is 16.8 Å². The zero-order valence-corrected chi connectivity index (χ0v) is 11.6. The molecule has 0 heterocycles. The lowest BCUT2D eigenvalue weighted by molar-refractivity contribution is 0.100. The third-order valence-corrected chi connectivity index (χ3v) is 3.16. The second kappa shape index (κ2) is 5.65. The lowest BCUT2D eigenvalue weighted by Gasteiger charge is -2.12. The summed E-state index contributed by atoms with van der Waals surface area (Å²) in [6.07, 6.45) is 0. The lowest BCUT2D eigenvalue weighted by Crippen LogP contribution is -2.12. The molecule has 20 heavy (non-hydrogen) atoms. The highest BCUT2D eigenvalue weighted by molar-refractivity contribution is 5.93. The standard InChI is InChI=1S/C16H18N2O2/c1-10-3-4-11(2)15(7-10)20-9-13-6-5-12(16(18)19)8-14(13)17/h3-8H,9,17H2,1-2H3,(H2,18,19). The van der Waals surface area contributed by atoms with Gasteiger partial charge in [-0.3, -0.25) is 4.79 Å². The quantitative estimate of drug-likeness (QED) is 0.838. The Kier molecular flexibility index (Phi) is 3.94. The van der Waals surface area contributed by atoms with Gasteiger partial charge in [-0.15, -0.1) is 0 Å². The monoisotopic (exact) mass is 270 g/mol. The fraction of sp³-hybridized carbons (Fsp3) is 0.188. The molecule has 0 saturated heterocycles. The minimum atomic E-state index is -0.487. The van der Waals surface area contributed by atoms with E-state index >= 15 is 0 Å². The number of nitrogen functional groups attached to an aromatic ring is 1. The zero-order valence-electron chi connectivity index (χ0n) is 11.6. The van der Waals surface area contributed by atoms with Crippen LogP contribution in [0.2, 0.25) is 0 Å². The van der Waals surface area contributed by atoms with E-state index in [0.29, 0.717) is 17.9 Å². The topological polar surface area (TPSA) is 78.3 Å². The highest BCUT2D eigenvalue weighted by Crippen LogP contribution is 2.22. The Bertz CT molecular complexity index is 651. The SMILES string of the molecule is Cc1ccc(C)c(OCc2ccc(C(N)=O)cc2N)c1. The molecule has 0 unspecified atom stereocenters. The van der Waals surface area contributed by atoms with Crippen LogP contribution in [0.25, 0.3) is 0 Å². The predicted molar refractivity (Wildman–Crippen MR) is 79.6 cm³/mol. The lowest BCUT2D eigenvalue weighted by atomic mass is 10.1. The van der Waals surface area contributed by atoms with Crippen LogP contribution in [0.4, 0.5) is 5.69 Å². The molecule has 0 radical (unpaired) electrons. The van der Waals surface area contributed by atoms with Gasteiger partial charge >= 0.3 is 0 Å². The van der Waals surface area contributed by atoms with Gasteiger partial charge in [-0.05, 0) is 43.2 Å².